The van der Waals surface area contributed by atoms with E-state index in [-0.39, 0.29) is 11.6 Å². The third-order valence-electron chi connectivity index (χ3n) is 4.35. The Morgan fingerprint density at radius 2 is 1.85 bits per heavy atom. The van der Waals surface area contributed by atoms with E-state index in [1.807, 2.05) is 32.0 Å². The average Bonchev–Trinajstić information content (AvgIpc) is 3.04. The van der Waals surface area contributed by atoms with Crippen molar-refractivity contribution in [1.82, 2.24) is 4.98 Å². The fourth-order valence-electron chi connectivity index (χ4n) is 2.66. The third-order valence-corrected chi connectivity index (χ3v) is 5.34. The minimum Gasteiger partial charge on any atom is -0.493 e. The van der Waals surface area contributed by atoms with Crippen LogP contribution < -0.4 is 20.5 Å². The Labute approximate surface area is 162 Å². The van der Waals surface area contributed by atoms with Gasteiger partial charge in [-0.2, -0.15) is 0 Å². The number of ether oxygens (including phenoxy) is 2. The molecule has 3 N–H and O–H groups in total. The summed E-state index contributed by atoms with van der Waals surface area (Å²) in [7, 11) is 3.07. The van der Waals surface area contributed by atoms with Crippen LogP contribution >= 0.6 is 11.3 Å². The van der Waals surface area contributed by atoms with Gasteiger partial charge in [0.15, 0.2) is 16.6 Å². The van der Waals surface area contributed by atoms with Crippen molar-refractivity contribution in [2.24, 2.45) is 0 Å². The molecule has 0 fully saturated rings. The van der Waals surface area contributed by atoms with Crippen molar-refractivity contribution in [3.63, 3.8) is 0 Å². The van der Waals surface area contributed by atoms with Gasteiger partial charge in [-0.25, -0.2) is 4.98 Å². The van der Waals surface area contributed by atoms with Gasteiger partial charge >= 0.3 is 0 Å². The summed E-state index contributed by atoms with van der Waals surface area (Å²) in [6, 6.07) is 11.0. The van der Waals surface area contributed by atoms with E-state index >= 15 is 0 Å². The lowest BCUT2D eigenvalue weighted by molar-refractivity contribution is 0.104. The van der Waals surface area contributed by atoms with E-state index in [9.17, 15) is 4.79 Å². The molecule has 0 aliphatic heterocycles. The van der Waals surface area contributed by atoms with Crippen LogP contribution in [0.1, 0.15) is 26.4 Å². The molecule has 0 spiro atoms. The van der Waals surface area contributed by atoms with Gasteiger partial charge in [0.2, 0.25) is 5.78 Å². The van der Waals surface area contributed by atoms with Gasteiger partial charge in [-0.1, -0.05) is 23.5 Å². The van der Waals surface area contributed by atoms with Crippen molar-refractivity contribution in [2.45, 2.75) is 13.8 Å². The number of nitrogen functional groups attached to an aromatic ring is 1. The molecular formula is C20H21N3O3S. The molecule has 0 bridgehead atoms. The van der Waals surface area contributed by atoms with Gasteiger partial charge in [-0.05, 0) is 49.2 Å². The highest BCUT2D eigenvalue weighted by atomic mass is 32.1. The summed E-state index contributed by atoms with van der Waals surface area (Å²) >= 11 is 1.23. The SMILES string of the molecule is COc1ccc(C(=O)c2sc(Nc3cccc(C)c3C)nc2N)cc1OC. The number of nitrogens with zero attached hydrogens (tertiary/aromatic N) is 1. The lowest BCUT2D eigenvalue weighted by Gasteiger charge is -2.09. The van der Waals surface area contributed by atoms with E-state index in [2.05, 4.69) is 10.3 Å². The number of nitrogens with one attached hydrogen (secondary N) is 1. The highest BCUT2D eigenvalue weighted by molar-refractivity contribution is 7.18. The predicted molar refractivity (Wildman–Crippen MR) is 109 cm³/mol. The largest absolute Gasteiger partial charge is 0.493 e. The summed E-state index contributed by atoms with van der Waals surface area (Å²) in [4.78, 5) is 17.6. The number of carbonyl (C=O) groups is 1. The van der Waals surface area contributed by atoms with Gasteiger partial charge in [0.25, 0.3) is 0 Å². The van der Waals surface area contributed by atoms with Crippen LogP contribution in [-0.4, -0.2) is 25.0 Å². The molecule has 3 aromatic rings. The van der Waals surface area contributed by atoms with Crippen LogP contribution in [-0.2, 0) is 0 Å². The van der Waals surface area contributed by atoms with Crippen LogP contribution in [0.5, 0.6) is 11.5 Å². The number of aryl methyl sites for hydroxylation is 1. The Kier molecular flexibility index (Phi) is 5.32. The monoisotopic (exact) mass is 383 g/mol. The zero-order chi connectivity index (χ0) is 19.6. The molecular weight excluding hydrogens is 362 g/mol. The number of carbonyl (C=O) groups excluding carboxylic acids is 1. The average molecular weight is 383 g/mol. The number of nitrogens with two attached hydrogens (primary N) is 1. The topological polar surface area (TPSA) is 86.5 Å². The maximum atomic E-state index is 12.9. The first-order valence-electron chi connectivity index (χ1n) is 8.31. The van der Waals surface area contributed by atoms with Crippen LogP contribution in [0.2, 0.25) is 0 Å². The molecule has 0 aliphatic carbocycles. The normalized spacial score (nSPS) is 10.5. The van der Waals surface area contributed by atoms with Crippen molar-refractivity contribution in [3.05, 3.63) is 58.0 Å². The van der Waals surface area contributed by atoms with E-state index in [0.29, 0.717) is 27.1 Å². The van der Waals surface area contributed by atoms with Crippen LogP contribution in [0.15, 0.2) is 36.4 Å². The smallest absolute Gasteiger partial charge is 0.206 e. The second-order valence-electron chi connectivity index (χ2n) is 6.00. The van der Waals surface area contributed by atoms with Gasteiger partial charge in [-0.15, -0.1) is 0 Å². The minimum atomic E-state index is -0.208. The molecule has 0 amide bonds. The summed E-state index contributed by atoms with van der Waals surface area (Å²) in [6.07, 6.45) is 0. The predicted octanol–water partition coefficient (Wildman–Crippen LogP) is 4.33. The molecule has 0 unspecified atom stereocenters. The number of aromatic nitrogens is 1. The maximum absolute atomic E-state index is 12.9. The van der Waals surface area contributed by atoms with Gasteiger partial charge in [0.1, 0.15) is 10.7 Å². The van der Waals surface area contributed by atoms with Crippen molar-refractivity contribution in [3.8, 4) is 11.5 Å². The highest BCUT2D eigenvalue weighted by Gasteiger charge is 2.20. The number of hydrogen-bond acceptors (Lipinski definition) is 7. The van der Waals surface area contributed by atoms with Gasteiger partial charge in [0, 0.05) is 11.3 Å². The number of ketones is 1. The van der Waals surface area contributed by atoms with Crippen LogP contribution in [0.4, 0.5) is 16.6 Å². The Morgan fingerprint density at radius 3 is 2.56 bits per heavy atom. The number of thiazole rings is 1. The highest BCUT2D eigenvalue weighted by Crippen LogP contribution is 2.33. The molecule has 0 radical (unpaired) electrons. The molecule has 6 nitrogen and oxygen atoms in total. The number of hydrogen-bond donors (Lipinski definition) is 2. The Bertz CT molecular complexity index is 998. The summed E-state index contributed by atoms with van der Waals surface area (Å²) in [5, 5.41) is 3.83. The fourth-order valence-corrected chi connectivity index (χ4v) is 3.52. The Balaban J connectivity index is 1.90. The van der Waals surface area contributed by atoms with E-state index in [0.717, 1.165) is 11.3 Å². The van der Waals surface area contributed by atoms with Gasteiger partial charge < -0.3 is 20.5 Å². The van der Waals surface area contributed by atoms with Crippen LogP contribution in [0, 0.1) is 13.8 Å². The quantitative estimate of drug-likeness (QED) is 0.616. The second kappa shape index (κ2) is 7.67. The van der Waals surface area contributed by atoms with E-state index in [4.69, 9.17) is 15.2 Å². The van der Waals surface area contributed by atoms with Crippen LogP contribution in [0.3, 0.4) is 0 Å². The summed E-state index contributed by atoms with van der Waals surface area (Å²) < 4.78 is 10.5. The van der Waals surface area contributed by atoms with Gasteiger partial charge in [0.05, 0.1) is 14.2 Å². The Morgan fingerprint density at radius 1 is 1.11 bits per heavy atom. The fraction of sp³-hybridized carbons (Fsp3) is 0.200. The lowest BCUT2D eigenvalue weighted by Crippen LogP contribution is -2.03. The van der Waals surface area contributed by atoms with Crippen molar-refractivity contribution in [1.29, 1.82) is 0 Å². The van der Waals surface area contributed by atoms with E-state index in [1.54, 1.807) is 25.3 Å². The maximum Gasteiger partial charge on any atom is 0.206 e. The molecule has 0 saturated carbocycles. The third kappa shape index (κ3) is 3.73. The summed E-state index contributed by atoms with van der Waals surface area (Å²) in [5.41, 5.74) is 9.71. The molecule has 1 aromatic heterocycles. The minimum absolute atomic E-state index is 0.201. The van der Waals surface area contributed by atoms with E-state index in [1.165, 1.54) is 24.0 Å². The van der Waals surface area contributed by atoms with Crippen molar-refractivity contribution in [2.75, 3.05) is 25.3 Å². The zero-order valence-corrected chi connectivity index (χ0v) is 16.4. The van der Waals surface area contributed by atoms with E-state index < -0.39 is 0 Å². The number of rotatable bonds is 6. The van der Waals surface area contributed by atoms with Crippen molar-refractivity contribution < 1.29 is 14.3 Å². The molecule has 3 rings (SSSR count). The first kappa shape index (κ1) is 18.7. The molecule has 27 heavy (non-hydrogen) atoms. The number of methoxy groups -OCH3 is 2. The molecule has 140 valence electrons. The first-order valence-corrected chi connectivity index (χ1v) is 9.12. The first-order chi connectivity index (χ1) is 12.9. The second-order valence-corrected chi connectivity index (χ2v) is 7.00. The Hall–Kier alpha value is -3.06. The van der Waals surface area contributed by atoms with Crippen LogP contribution in [0.25, 0.3) is 0 Å². The molecule has 2 aromatic carbocycles. The lowest BCUT2D eigenvalue weighted by atomic mass is 10.1. The number of benzene rings is 2. The summed E-state index contributed by atoms with van der Waals surface area (Å²) in [5.74, 6) is 1.04. The zero-order valence-electron chi connectivity index (χ0n) is 15.6. The molecule has 0 atom stereocenters. The number of anilines is 3. The standard InChI is InChI=1S/C20H21N3O3S/c1-11-6-5-7-14(12(11)2)22-20-23-19(21)18(27-20)17(24)13-8-9-15(25-3)16(10-13)26-4/h5-10H,21H2,1-4H3,(H,22,23). The summed E-state index contributed by atoms with van der Waals surface area (Å²) in [6.45, 7) is 4.08. The molecule has 0 aliphatic rings. The van der Waals surface area contributed by atoms with Gasteiger partial charge in [-0.3, -0.25) is 4.79 Å². The molecule has 7 heteroatoms. The molecule has 1 heterocycles. The van der Waals surface area contributed by atoms with Crippen molar-refractivity contribution >= 4 is 33.8 Å². The molecule has 0 saturated heterocycles.